The fourth-order valence-corrected chi connectivity index (χ4v) is 2.34. The topological polar surface area (TPSA) is 46.3 Å². The molecule has 0 aromatic heterocycles. The van der Waals surface area contributed by atoms with Gasteiger partial charge < -0.3 is 10.6 Å². The van der Waals surface area contributed by atoms with Gasteiger partial charge in [0.15, 0.2) is 0 Å². The van der Waals surface area contributed by atoms with Crippen LogP contribution in [0.25, 0.3) is 0 Å². The number of piperidine rings is 1. The van der Waals surface area contributed by atoms with E-state index >= 15 is 0 Å². The van der Waals surface area contributed by atoms with Crippen molar-refractivity contribution in [2.75, 3.05) is 19.6 Å². The molecule has 1 saturated heterocycles. The molecule has 1 heterocycles. The van der Waals surface area contributed by atoms with E-state index in [0.717, 1.165) is 13.1 Å². The van der Waals surface area contributed by atoms with Crippen LogP contribution in [0.2, 0.25) is 0 Å². The van der Waals surface area contributed by atoms with Gasteiger partial charge in [0.2, 0.25) is 5.91 Å². The SMILES string of the molecule is CC1CC(C)CN(C(=O)C(C)(C)CN)C1.Cl. The molecule has 16 heavy (non-hydrogen) atoms. The highest BCUT2D eigenvalue weighted by molar-refractivity contribution is 5.85. The van der Waals surface area contributed by atoms with E-state index in [0.29, 0.717) is 18.4 Å². The minimum Gasteiger partial charge on any atom is -0.342 e. The van der Waals surface area contributed by atoms with Gasteiger partial charge in [0, 0.05) is 19.6 Å². The zero-order valence-corrected chi connectivity index (χ0v) is 11.6. The molecule has 3 nitrogen and oxygen atoms in total. The predicted octanol–water partition coefficient (Wildman–Crippen LogP) is 1.90. The maximum absolute atomic E-state index is 12.2. The Morgan fingerprint density at radius 2 is 1.75 bits per heavy atom. The Bertz CT molecular complexity index is 233. The van der Waals surface area contributed by atoms with Gasteiger partial charge in [0.25, 0.3) is 0 Å². The van der Waals surface area contributed by atoms with Crippen molar-refractivity contribution in [3.63, 3.8) is 0 Å². The third-order valence-electron chi connectivity index (χ3n) is 3.25. The summed E-state index contributed by atoms with van der Waals surface area (Å²) >= 11 is 0. The first kappa shape index (κ1) is 15.7. The molecule has 0 aromatic rings. The molecule has 1 aliphatic rings. The molecule has 1 rings (SSSR count). The number of amides is 1. The highest BCUT2D eigenvalue weighted by atomic mass is 35.5. The molecular weight excluding hydrogens is 224 g/mol. The van der Waals surface area contributed by atoms with Crippen LogP contribution >= 0.6 is 12.4 Å². The van der Waals surface area contributed by atoms with E-state index in [4.69, 9.17) is 5.73 Å². The van der Waals surface area contributed by atoms with Crippen LogP contribution in [0.15, 0.2) is 0 Å². The number of halogens is 1. The Morgan fingerprint density at radius 1 is 1.31 bits per heavy atom. The summed E-state index contributed by atoms with van der Waals surface area (Å²) in [4.78, 5) is 14.2. The van der Waals surface area contributed by atoms with Crippen molar-refractivity contribution >= 4 is 18.3 Å². The highest BCUT2D eigenvalue weighted by Gasteiger charge is 2.34. The Labute approximate surface area is 105 Å². The van der Waals surface area contributed by atoms with Gasteiger partial charge in [-0.15, -0.1) is 12.4 Å². The molecule has 0 bridgehead atoms. The van der Waals surface area contributed by atoms with Crippen LogP contribution in [0.1, 0.15) is 34.1 Å². The van der Waals surface area contributed by atoms with Crippen LogP contribution in [0.3, 0.4) is 0 Å². The third kappa shape index (κ3) is 3.63. The van der Waals surface area contributed by atoms with Crippen LogP contribution in [0.5, 0.6) is 0 Å². The van der Waals surface area contributed by atoms with E-state index in [1.807, 2.05) is 18.7 Å². The number of hydrogen-bond acceptors (Lipinski definition) is 2. The van der Waals surface area contributed by atoms with Gasteiger partial charge in [-0.1, -0.05) is 13.8 Å². The smallest absolute Gasteiger partial charge is 0.229 e. The monoisotopic (exact) mass is 248 g/mol. The second-order valence-corrected chi connectivity index (χ2v) is 5.74. The summed E-state index contributed by atoms with van der Waals surface area (Å²) in [6.45, 7) is 10.5. The zero-order chi connectivity index (χ0) is 11.6. The quantitative estimate of drug-likeness (QED) is 0.811. The van der Waals surface area contributed by atoms with Crippen molar-refractivity contribution < 1.29 is 4.79 Å². The molecule has 2 atom stereocenters. The lowest BCUT2D eigenvalue weighted by atomic mass is 9.87. The second kappa shape index (κ2) is 5.87. The van der Waals surface area contributed by atoms with Crippen molar-refractivity contribution in [1.82, 2.24) is 4.90 Å². The van der Waals surface area contributed by atoms with E-state index in [2.05, 4.69) is 13.8 Å². The van der Waals surface area contributed by atoms with Crippen LogP contribution in [-0.4, -0.2) is 30.4 Å². The fourth-order valence-electron chi connectivity index (χ4n) is 2.34. The Kier molecular flexibility index (Phi) is 5.77. The molecule has 1 amide bonds. The minimum atomic E-state index is -0.406. The summed E-state index contributed by atoms with van der Waals surface area (Å²) in [6.07, 6.45) is 1.23. The number of rotatable bonds is 2. The first-order valence-corrected chi connectivity index (χ1v) is 5.86. The molecule has 2 N–H and O–H groups in total. The van der Waals surface area contributed by atoms with Gasteiger partial charge in [-0.2, -0.15) is 0 Å². The van der Waals surface area contributed by atoms with Crippen LogP contribution in [0.4, 0.5) is 0 Å². The van der Waals surface area contributed by atoms with Gasteiger partial charge in [-0.3, -0.25) is 4.79 Å². The van der Waals surface area contributed by atoms with E-state index in [9.17, 15) is 4.79 Å². The van der Waals surface area contributed by atoms with E-state index in [1.54, 1.807) is 0 Å². The van der Waals surface area contributed by atoms with Gasteiger partial charge in [0.1, 0.15) is 0 Å². The summed E-state index contributed by atoms with van der Waals surface area (Å²) < 4.78 is 0. The van der Waals surface area contributed by atoms with Crippen molar-refractivity contribution in [3.05, 3.63) is 0 Å². The molecule has 0 saturated carbocycles. The van der Waals surface area contributed by atoms with Crippen molar-refractivity contribution in [2.45, 2.75) is 34.1 Å². The maximum Gasteiger partial charge on any atom is 0.229 e. The first-order valence-electron chi connectivity index (χ1n) is 5.86. The molecule has 96 valence electrons. The summed E-state index contributed by atoms with van der Waals surface area (Å²) in [7, 11) is 0. The molecule has 2 unspecified atom stereocenters. The number of nitrogens with two attached hydrogens (primary N) is 1. The lowest BCUT2D eigenvalue weighted by Gasteiger charge is -2.39. The van der Waals surface area contributed by atoms with Crippen LogP contribution < -0.4 is 5.73 Å². The normalized spacial score (nSPS) is 26.2. The van der Waals surface area contributed by atoms with Crippen LogP contribution in [-0.2, 0) is 4.79 Å². The van der Waals surface area contributed by atoms with E-state index in [-0.39, 0.29) is 18.3 Å². The molecule has 0 spiro atoms. The van der Waals surface area contributed by atoms with Gasteiger partial charge >= 0.3 is 0 Å². The maximum atomic E-state index is 12.2. The Morgan fingerprint density at radius 3 is 2.12 bits per heavy atom. The third-order valence-corrected chi connectivity index (χ3v) is 3.25. The average molecular weight is 249 g/mol. The molecular formula is C12H25ClN2O. The number of hydrogen-bond donors (Lipinski definition) is 1. The van der Waals surface area contributed by atoms with E-state index < -0.39 is 5.41 Å². The minimum absolute atomic E-state index is 0. The van der Waals surface area contributed by atoms with Gasteiger partial charge in [0.05, 0.1) is 5.41 Å². The second-order valence-electron chi connectivity index (χ2n) is 5.74. The van der Waals surface area contributed by atoms with Gasteiger partial charge in [-0.05, 0) is 32.1 Å². The van der Waals surface area contributed by atoms with Crippen molar-refractivity contribution in [3.8, 4) is 0 Å². The van der Waals surface area contributed by atoms with E-state index in [1.165, 1.54) is 6.42 Å². The number of nitrogens with zero attached hydrogens (tertiary/aromatic N) is 1. The summed E-state index contributed by atoms with van der Waals surface area (Å²) in [6, 6.07) is 0. The van der Waals surface area contributed by atoms with Crippen molar-refractivity contribution in [1.29, 1.82) is 0 Å². The number of likely N-dealkylation sites (tertiary alicyclic amines) is 1. The summed E-state index contributed by atoms with van der Waals surface area (Å²) in [5, 5.41) is 0. The molecule has 0 aliphatic carbocycles. The number of carbonyl (C=O) groups excluding carboxylic acids is 1. The molecule has 0 aromatic carbocycles. The summed E-state index contributed by atoms with van der Waals surface area (Å²) in [5.41, 5.74) is 5.23. The summed E-state index contributed by atoms with van der Waals surface area (Å²) in [5.74, 6) is 1.45. The molecule has 0 radical (unpaired) electrons. The lowest BCUT2D eigenvalue weighted by Crippen LogP contribution is -2.50. The zero-order valence-electron chi connectivity index (χ0n) is 10.8. The predicted molar refractivity (Wildman–Crippen MR) is 69.6 cm³/mol. The molecule has 4 heteroatoms. The molecule has 1 fully saturated rings. The Balaban J connectivity index is 0.00000225. The lowest BCUT2D eigenvalue weighted by molar-refractivity contribution is -0.142. The number of carbonyl (C=O) groups is 1. The largest absolute Gasteiger partial charge is 0.342 e. The average Bonchev–Trinajstić information content (AvgIpc) is 2.15. The first-order chi connectivity index (χ1) is 6.86. The Hall–Kier alpha value is -0.280. The fraction of sp³-hybridized carbons (Fsp3) is 0.917. The van der Waals surface area contributed by atoms with Crippen LogP contribution in [0, 0.1) is 17.3 Å². The van der Waals surface area contributed by atoms with Crippen molar-refractivity contribution in [2.24, 2.45) is 23.0 Å². The standard InChI is InChI=1S/C12H24N2O.ClH/c1-9-5-10(2)7-14(6-9)11(15)12(3,4)8-13;/h9-10H,5-8,13H2,1-4H3;1H. The molecule has 1 aliphatic heterocycles. The highest BCUT2D eigenvalue weighted by Crippen LogP contribution is 2.25. The van der Waals surface area contributed by atoms with Gasteiger partial charge in [-0.25, -0.2) is 0 Å².